The Morgan fingerprint density at radius 1 is 1.47 bits per heavy atom. The fraction of sp³-hybridized carbons (Fsp3) is 0.500. The molecule has 0 spiro atoms. The van der Waals surface area contributed by atoms with Gasteiger partial charge in [0.2, 0.25) is 0 Å². The van der Waals surface area contributed by atoms with Gasteiger partial charge in [0.25, 0.3) is 0 Å². The van der Waals surface area contributed by atoms with Gasteiger partial charge in [-0.15, -0.1) is 0 Å². The van der Waals surface area contributed by atoms with Crippen molar-refractivity contribution >= 4 is 0 Å². The Hall–Kier alpha value is -1.06. The minimum Gasteiger partial charge on any atom is -0.488 e. The summed E-state index contributed by atoms with van der Waals surface area (Å²) >= 11 is 0. The summed E-state index contributed by atoms with van der Waals surface area (Å²) in [5.74, 6) is 0.957. The van der Waals surface area contributed by atoms with Crippen LogP contribution in [0.5, 0.6) is 5.75 Å². The number of hydrogen-bond acceptors (Lipinski definition) is 3. The lowest BCUT2D eigenvalue weighted by Gasteiger charge is -2.32. The van der Waals surface area contributed by atoms with E-state index in [0.717, 1.165) is 24.2 Å². The molecule has 0 saturated heterocycles. The van der Waals surface area contributed by atoms with Gasteiger partial charge in [-0.05, 0) is 43.9 Å². The average molecular weight is 207 g/mol. The lowest BCUT2D eigenvalue weighted by atomic mass is 9.93. The lowest BCUT2D eigenvalue weighted by Crippen LogP contribution is -2.32. The van der Waals surface area contributed by atoms with Crippen molar-refractivity contribution in [3.05, 3.63) is 29.3 Å². The highest BCUT2D eigenvalue weighted by Gasteiger charge is 2.26. The first-order chi connectivity index (χ1) is 7.11. The summed E-state index contributed by atoms with van der Waals surface area (Å²) in [5.41, 5.74) is 4.38. The van der Waals surface area contributed by atoms with Crippen molar-refractivity contribution in [1.82, 2.24) is 5.48 Å². The van der Waals surface area contributed by atoms with Gasteiger partial charge in [0.15, 0.2) is 0 Å². The number of rotatable bonds is 2. The predicted molar refractivity (Wildman–Crippen MR) is 58.1 cm³/mol. The van der Waals surface area contributed by atoms with Gasteiger partial charge in [0.1, 0.15) is 11.4 Å². The van der Waals surface area contributed by atoms with Gasteiger partial charge in [0, 0.05) is 6.54 Å². The van der Waals surface area contributed by atoms with Crippen LogP contribution in [0.15, 0.2) is 18.2 Å². The molecule has 1 aromatic carbocycles. The Kier molecular flexibility index (Phi) is 2.67. The molecule has 1 aliphatic rings. The normalized spacial score (nSPS) is 18.1. The van der Waals surface area contributed by atoms with Crippen LogP contribution in [0.2, 0.25) is 0 Å². The molecule has 0 saturated carbocycles. The average Bonchev–Trinajstić information content (AvgIpc) is 2.16. The fourth-order valence-corrected chi connectivity index (χ4v) is 1.89. The lowest BCUT2D eigenvalue weighted by molar-refractivity contribution is 0.0844. The zero-order valence-electron chi connectivity index (χ0n) is 9.21. The number of aryl methyl sites for hydroxylation is 1. The first-order valence-electron chi connectivity index (χ1n) is 5.28. The van der Waals surface area contributed by atoms with E-state index in [9.17, 15) is 0 Å². The van der Waals surface area contributed by atoms with Crippen LogP contribution in [0.3, 0.4) is 0 Å². The third-order valence-corrected chi connectivity index (χ3v) is 2.80. The molecular formula is C12H17NO2. The summed E-state index contributed by atoms with van der Waals surface area (Å²) in [6.07, 6.45) is 2.12. The van der Waals surface area contributed by atoms with Crippen LogP contribution >= 0.6 is 0 Å². The van der Waals surface area contributed by atoms with E-state index in [-0.39, 0.29) is 5.60 Å². The molecule has 0 amide bonds. The molecule has 0 atom stereocenters. The first kappa shape index (κ1) is 10.5. The second-order valence-electron chi connectivity index (χ2n) is 4.64. The minimum atomic E-state index is -0.0712. The van der Waals surface area contributed by atoms with Gasteiger partial charge < -0.3 is 9.94 Å². The molecule has 2 rings (SSSR count). The van der Waals surface area contributed by atoms with Crippen LogP contribution in [0, 0.1) is 0 Å². The molecule has 0 bridgehead atoms. The van der Waals surface area contributed by atoms with Gasteiger partial charge in [-0.25, -0.2) is 5.48 Å². The number of benzene rings is 1. The third-order valence-electron chi connectivity index (χ3n) is 2.80. The Labute approximate surface area is 90.0 Å². The number of hydroxylamine groups is 1. The van der Waals surface area contributed by atoms with Gasteiger partial charge in [-0.2, -0.15) is 0 Å². The van der Waals surface area contributed by atoms with Gasteiger partial charge in [0.05, 0.1) is 0 Å². The van der Waals surface area contributed by atoms with Gasteiger partial charge in [-0.1, -0.05) is 12.1 Å². The van der Waals surface area contributed by atoms with E-state index in [1.165, 1.54) is 5.56 Å². The monoisotopic (exact) mass is 207 g/mol. The van der Waals surface area contributed by atoms with Crippen LogP contribution in [0.1, 0.15) is 31.4 Å². The number of nitrogens with one attached hydrogen (secondary N) is 1. The smallest absolute Gasteiger partial charge is 0.123 e. The van der Waals surface area contributed by atoms with Crippen molar-refractivity contribution in [2.45, 2.75) is 38.8 Å². The summed E-state index contributed by atoms with van der Waals surface area (Å²) in [5, 5.41) is 8.64. The summed E-state index contributed by atoms with van der Waals surface area (Å²) in [6, 6.07) is 6.10. The number of ether oxygens (including phenoxy) is 1. The Balaban J connectivity index is 2.27. The Morgan fingerprint density at radius 2 is 2.27 bits per heavy atom. The van der Waals surface area contributed by atoms with Crippen molar-refractivity contribution in [3.63, 3.8) is 0 Å². The quantitative estimate of drug-likeness (QED) is 0.731. The van der Waals surface area contributed by atoms with E-state index in [1.54, 1.807) is 0 Å². The highest BCUT2D eigenvalue weighted by Crippen LogP contribution is 2.33. The van der Waals surface area contributed by atoms with E-state index in [1.807, 2.05) is 12.1 Å². The first-order valence-corrected chi connectivity index (χ1v) is 5.28. The van der Waals surface area contributed by atoms with Gasteiger partial charge >= 0.3 is 0 Å². The highest BCUT2D eigenvalue weighted by atomic mass is 16.5. The summed E-state index contributed by atoms with van der Waals surface area (Å²) in [7, 11) is 0. The van der Waals surface area contributed by atoms with E-state index in [2.05, 4.69) is 25.4 Å². The van der Waals surface area contributed by atoms with E-state index in [0.29, 0.717) is 6.54 Å². The van der Waals surface area contributed by atoms with Crippen molar-refractivity contribution in [3.8, 4) is 5.75 Å². The summed E-state index contributed by atoms with van der Waals surface area (Å²) < 4.78 is 5.90. The van der Waals surface area contributed by atoms with Crippen LogP contribution < -0.4 is 10.2 Å². The van der Waals surface area contributed by atoms with E-state index in [4.69, 9.17) is 9.94 Å². The van der Waals surface area contributed by atoms with Crippen molar-refractivity contribution in [1.29, 1.82) is 0 Å². The SMILES string of the molecule is CC1(C)CCc2ccc(CNO)cc2O1. The largest absolute Gasteiger partial charge is 0.488 e. The minimum absolute atomic E-state index is 0.0712. The van der Waals surface area contributed by atoms with E-state index < -0.39 is 0 Å². The van der Waals surface area contributed by atoms with Crippen LogP contribution in [-0.4, -0.2) is 10.8 Å². The molecule has 82 valence electrons. The molecule has 2 N–H and O–H groups in total. The standard InChI is InChI=1S/C12H17NO2/c1-12(2)6-5-10-4-3-9(8-13-14)7-11(10)15-12/h3-4,7,13-14H,5-6,8H2,1-2H3. The summed E-state index contributed by atoms with van der Waals surface area (Å²) in [4.78, 5) is 0. The molecule has 15 heavy (non-hydrogen) atoms. The van der Waals surface area contributed by atoms with E-state index >= 15 is 0 Å². The van der Waals surface area contributed by atoms with Crippen molar-refractivity contribution in [2.75, 3.05) is 0 Å². The topological polar surface area (TPSA) is 41.5 Å². The second-order valence-corrected chi connectivity index (χ2v) is 4.64. The molecule has 0 aliphatic carbocycles. The van der Waals surface area contributed by atoms with Crippen LogP contribution in [0.4, 0.5) is 0 Å². The molecule has 0 unspecified atom stereocenters. The molecule has 1 aliphatic heterocycles. The Bertz CT molecular complexity index is 361. The number of fused-ring (bicyclic) bond motifs is 1. The second kappa shape index (κ2) is 3.83. The van der Waals surface area contributed by atoms with Crippen LogP contribution in [-0.2, 0) is 13.0 Å². The van der Waals surface area contributed by atoms with Crippen molar-refractivity contribution < 1.29 is 9.94 Å². The maximum absolute atomic E-state index is 8.64. The van der Waals surface area contributed by atoms with Crippen LogP contribution in [0.25, 0.3) is 0 Å². The molecule has 3 heteroatoms. The molecular weight excluding hydrogens is 190 g/mol. The molecule has 0 fully saturated rings. The zero-order valence-corrected chi connectivity index (χ0v) is 9.21. The highest BCUT2D eigenvalue weighted by molar-refractivity contribution is 5.39. The third kappa shape index (κ3) is 2.30. The number of hydrogen-bond donors (Lipinski definition) is 2. The molecule has 0 radical (unpaired) electrons. The maximum atomic E-state index is 8.64. The summed E-state index contributed by atoms with van der Waals surface area (Å²) in [6.45, 7) is 4.66. The maximum Gasteiger partial charge on any atom is 0.123 e. The Morgan fingerprint density at radius 3 is 3.00 bits per heavy atom. The fourth-order valence-electron chi connectivity index (χ4n) is 1.89. The zero-order chi connectivity index (χ0) is 10.9. The molecule has 1 heterocycles. The predicted octanol–water partition coefficient (Wildman–Crippen LogP) is 2.27. The van der Waals surface area contributed by atoms with Gasteiger partial charge in [-0.3, -0.25) is 0 Å². The molecule has 0 aromatic heterocycles. The molecule has 1 aromatic rings. The molecule has 3 nitrogen and oxygen atoms in total. The van der Waals surface area contributed by atoms with Crippen molar-refractivity contribution in [2.24, 2.45) is 0 Å².